The van der Waals surface area contributed by atoms with Gasteiger partial charge in [-0.05, 0) is 41.3 Å². The molecule has 0 radical (unpaired) electrons. The van der Waals surface area contributed by atoms with E-state index >= 15 is 0 Å². The molecule has 0 heterocycles. The van der Waals surface area contributed by atoms with Crippen molar-refractivity contribution in [2.45, 2.75) is 45.2 Å². The van der Waals surface area contributed by atoms with Gasteiger partial charge in [0.2, 0.25) is 17.7 Å². The number of carbonyl (C=O) groups is 4. The molecule has 12 nitrogen and oxygen atoms in total. The maximum atomic E-state index is 13.3. The van der Waals surface area contributed by atoms with Crippen LogP contribution in [0.3, 0.4) is 0 Å². The van der Waals surface area contributed by atoms with Crippen LogP contribution in [0.2, 0.25) is 0 Å². The number of non-ortho nitro benzene ring substituents is 1. The van der Waals surface area contributed by atoms with E-state index in [1.54, 1.807) is 30.3 Å². The van der Waals surface area contributed by atoms with Crippen LogP contribution in [0.25, 0.3) is 0 Å². The Balaban J connectivity index is 1.80. The number of nitro groups is 1. The Bertz CT molecular complexity index is 1470. The van der Waals surface area contributed by atoms with E-state index in [0.29, 0.717) is 23.4 Å². The number of carboxylic acids is 1. The molecule has 0 aliphatic rings. The van der Waals surface area contributed by atoms with Crippen LogP contribution < -0.4 is 21.3 Å². The number of nitro benzene ring substituents is 1. The third-order valence-electron chi connectivity index (χ3n) is 6.58. The first kappa shape index (κ1) is 31.3. The number of amides is 3. The lowest BCUT2D eigenvalue weighted by molar-refractivity contribution is -0.384. The monoisotopic (exact) mass is 575 g/mol. The SMILES string of the molecule is CCc1cc(CC(NC(C)=O)C(=O)N[C@@H](Cc2ccc([N+](=O)[O-])cc2)C(=O)NC)ccc1Nc1ccccc1C(=O)O. The Morgan fingerprint density at radius 2 is 1.48 bits per heavy atom. The van der Waals surface area contributed by atoms with Gasteiger partial charge in [0.15, 0.2) is 0 Å². The number of likely N-dealkylation sites (N-methyl/N-ethyl adjacent to an activating group) is 1. The van der Waals surface area contributed by atoms with E-state index in [0.717, 1.165) is 11.1 Å². The first-order valence-electron chi connectivity index (χ1n) is 13.3. The highest BCUT2D eigenvalue weighted by Crippen LogP contribution is 2.26. The van der Waals surface area contributed by atoms with Gasteiger partial charge in [0.1, 0.15) is 12.1 Å². The summed E-state index contributed by atoms with van der Waals surface area (Å²) < 4.78 is 0. The van der Waals surface area contributed by atoms with Crippen LogP contribution >= 0.6 is 0 Å². The van der Waals surface area contributed by atoms with Crippen molar-refractivity contribution >= 4 is 40.8 Å². The maximum Gasteiger partial charge on any atom is 0.337 e. The van der Waals surface area contributed by atoms with Gasteiger partial charge in [0.05, 0.1) is 16.2 Å². The number of benzene rings is 3. The number of carbonyl (C=O) groups excluding carboxylic acids is 3. The van der Waals surface area contributed by atoms with Crippen LogP contribution in [0.15, 0.2) is 66.7 Å². The molecule has 0 aromatic heterocycles. The van der Waals surface area contributed by atoms with Crippen LogP contribution in [-0.2, 0) is 33.6 Å². The van der Waals surface area contributed by atoms with Gasteiger partial charge in [-0.3, -0.25) is 24.5 Å². The molecule has 5 N–H and O–H groups in total. The number of aryl methyl sites for hydroxylation is 1. The molecule has 0 fully saturated rings. The zero-order valence-corrected chi connectivity index (χ0v) is 23.5. The first-order valence-corrected chi connectivity index (χ1v) is 13.3. The molecule has 3 aromatic carbocycles. The molecule has 1 unspecified atom stereocenters. The highest BCUT2D eigenvalue weighted by Gasteiger charge is 2.27. The number of anilines is 2. The Kier molecular flexibility index (Phi) is 10.7. The third-order valence-corrected chi connectivity index (χ3v) is 6.58. The summed E-state index contributed by atoms with van der Waals surface area (Å²) in [5, 5.41) is 31.5. The third kappa shape index (κ3) is 8.37. The summed E-state index contributed by atoms with van der Waals surface area (Å²) in [4.78, 5) is 60.0. The predicted molar refractivity (Wildman–Crippen MR) is 157 cm³/mol. The topological polar surface area (TPSA) is 180 Å². The molecular weight excluding hydrogens is 542 g/mol. The minimum atomic E-state index is -1.06. The quantitative estimate of drug-likeness (QED) is 0.152. The summed E-state index contributed by atoms with van der Waals surface area (Å²) in [6, 6.07) is 15.7. The first-order chi connectivity index (χ1) is 20.0. The van der Waals surface area contributed by atoms with Gasteiger partial charge >= 0.3 is 5.97 Å². The molecule has 0 bridgehead atoms. The minimum Gasteiger partial charge on any atom is -0.478 e. The molecule has 12 heteroatoms. The van der Waals surface area contributed by atoms with Crippen LogP contribution in [-0.4, -0.2) is 52.9 Å². The van der Waals surface area contributed by atoms with Crippen molar-refractivity contribution < 1.29 is 29.2 Å². The summed E-state index contributed by atoms with van der Waals surface area (Å²) in [5.41, 5.74) is 3.40. The van der Waals surface area contributed by atoms with Crippen LogP contribution in [0.5, 0.6) is 0 Å². The molecule has 3 amide bonds. The number of rotatable bonds is 13. The van der Waals surface area contributed by atoms with E-state index in [1.165, 1.54) is 44.3 Å². The fraction of sp³-hybridized carbons (Fsp3) is 0.267. The van der Waals surface area contributed by atoms with E-state index in [4.69, 9.17) is 0 Å². The smallest absolute Gasteiger partial charge is 0.337 e. The van der Waals surface area contributed by atoms with Crippen molar-refractivity contribution in [1.29, 1.82) is 0 Å². The minimum absolute atomic E-state index is 0.0777. The van der Waals surface area contributed by atoms with Crippen LogP contribution in [0.4, 0.5) is 17.1 Å². The average Bonchev–Trinajstić information content (AvgIpc) is 2.96. The van der Waals surface area contributed by atoms with Crippen molar-refractivity contribution in [3.63, 3.8) is 0 Å². The normalized spacial score (nSPS) is 12.0. The lowest BCUT2D eigenvalue weighted by Crippen LogP contribution is -2.54. The summed E-state index contributed by atoms with van der Waals surface area (Å²) in [5.74, 6) is -2.52. The second-order valence-corrected chi connectivity index (χ2v) is 9.58. The summed E-state index contributed by atoms with van der Waals surface area (Å²) in [6.07, 6.45) is 0.813. The van der Waals surface area contributed by atoms with E-state index < -0.39 is 40.7 Å². The standard InChI is InChI=1S/C30H33N5O7/c1-4-21-15-20(11-14-24(21)33-25-8-6-5-7-23(25)30(39)40)17-27(32-18(2)36)29(38)34-26(28(37)31-3)16-19-9-12-22(13-10-19)35(41)42/h5-15,26-27,33H,4,16-17H2,1-3H3,(H,31,37)(H,32,36)(H,34,38)(H,39,40)/t26-,27?/m0/s1. The maximum absolute atomic E-state index is 13.3. The van der Waals surface area contributed by atoms with E-state index in [-0.39, 0.29) is 24.1 Å². The van der Waals surface area contributed by atoms with Crippen molar-refractivity contribution in [2.75, 3.05) is 12.4 Å². The largest absolute Gasteiger partial charge is 0.478 e. The fourth-order valence-electron chi connectivity index (χ4n) is 4.45. The van der Waals surface area contributed by atoms with Gasteiger partial charge in [-0.25, -0.2) is 4.79 Å². The van der Waals surface area contributed by atoms with Crippen molar-refractivity contribution in [3.8, 4) is 0 Å². The summed E-state index contributed by atoms with van der Waals surface area (Å²) in [6.45, 7) is 3.23. The molecular formula is C30H33N5O7. The number of nitrogens with one attached hydrogen (secondary N) is 4. The average molecular weight is 576 g/mol. The zero-order chi connectivity index (χ0) is 30.8. The number of carboxylic acid groups (broad SMARTS) is 1. The second kappa shape index (κ2) is 14.4. The molecule has 42 heavy (non-hydrogen) atoms. The van der Waals surface area contributed by atoms with Crippen LogP contribution in [0, 0.1) is 10.1 Å². The Morgan fingerprint density at radius 1 is 0.857 bits per heavy atom. The van der Waals surface area contributed by atoms with Crippen LogP contribution in [0.1, 0.15) is 40.9 Å². The molecule has 0 saturated heterocycles. The van der Waals surface area contributed by atoms with Gasteiger partial charge in [-0.2, -0.15) is 0 Å². The molecule has 0 spiro atoms. The lowest BCUT2D eigenvalue weighted by atomic mass is 9.99. The Hall–Kier alpha value is -5.26. The Labute approximate surface area is 242 Å². The van der Waals surface area contributed by atoms with Gasteiger partial charge in [-0.15, -0.1) is 0 Å². The number of aromatic carboxylic acids is 1. The molecule has 0 aliphatic carbocycles. The molecule has 2 atom stereocenters. The van der Waals surface area contributed by atoms with E-state index in [9.17, 15) is 34.4 Å². The van der Waals surface area contributed by atoms with Crippen molar-refractivity contribution in [3.05, 3.63) is 99.1 Å². The van der Waals surface area contributed by atoms with Gasteiger partial charge in [0.25, 0.3) is 5.69 Å². The second-order valence-electron chi connectivity index (χ2n) is 9.58. The molecule has 3 rings (SSSR count). The molecule has 0 aliphatic heterocycles. The number of nitrogens with zero attached hydrogens (tertiary/aromatic N) is 1. The number of para-hydroxylation sites is 1. The predicted octanol–water partition coefficient (Wildman–Crippen LogP) is 3.12. The summed E-state index contributed by atoms with van der Waals surface area (Å²) >= 11 is 0. The molecule has 220 valence electrons. The van der Waals surface area contributed by atoms with Gasteiger partial charge < -0.3 is 26.4 Å². The van der Waals surface area contributed by atoms with Gasteiger partial charge in [0, 0.05) is 44.6 Å². The number of hydrogen-bond acceptors (Lipinski definition) is 7. The van der Waals surface area contributed by atoms with Gasteiger partial charge in [-0.1, -0.05) is 43.3 Å². The van der Waals surface area contributed by atoms with E-state index in [1.807, 2.05) is 13.0 Å². The highest BCUT2D eigenvalue weighted by molar-refractivity contribution is 5.95. The molecule has 0 saturated carbocycles. The fourth-order valence-corrected chi connectivity index (χ4v) is 4.45. The Morgan fingerprint density at radius 3 is 2.07 bits per heavy atom. The lowest BCUT2D eigenvalue weighted by Gasteiger charge is -2.23. The number of hydrogen-bond donors (Lipinski definition) is 5. The zero-order valence-electron chi connectivity index (χ0n) is 23.5. The van der Waals surface area contributed by atoms with Crippen molar-refractivity contribution in [1.82, 2.24) is 16.0 Å². The highest BCUT2D eigenvalue weighted by atomic mass is 16.6. The molecule has 3 aromatic rings. The summed E-state index contributed by atoms with van der Waals surface area (Å²) in [7, 11) is 1.43. The van der Waals surface area contributed by atoms with Crippen molar-refractivity contribution in [2.24, 2.45) is 0 Å². The van der Waals surface area contributed by atoms with E-state index in [2.05, 4.69) is 21.3 Å².